The molecule has 0 unspecified atom stereocenters. The van der Waals surface area contributed by atoms with Crippen LogP contribution in [0.4, 0.5) is 0 Å². The van der Waals surface area contributed by atoms with Crippen molar-refractivity contribution < 1.29 is 4.74 Å². The van der Waals surface area contributed by atoms with Gasteiger partial charge >= 0.3 is 0 Å². The van der Waals surface area contributed by atoms with E-state index < -0.39 is 0 Å². The summed E-state index contributed by atoms with van der Waals surface area (Å²) in [5, 5.41) is 0. The fourth-order valence-electron chi connectivity index (χ4n) is 1.90. The molecule has 1 aliphatic carbocycles. The lowest BCUT2D eigenvalue weighted by atomic mass is 10.1. The van der Waals surface area contributed by atoms with Crippen molar-refractivity contribution in [3.8, 4) is 0 Å². The van der Waals surface area contributed by atoms with Crippen LogP contribution in [0.15, 0.2) is 0 Å². The highest BCUT2D eigenvalue weighted by molar-refractivity contribution is 4.66. The summed E-state index contributed by atoms with van der Waals surface area (Å²) in [7, 11) is 0. The fraction of sp³-hybridized carbons (Fsp3) is 1.00. The van der Waals surface area contributed by atoms with E-state index in [0.29, 0.717) is 0 Å². The van der Waals surface area contributed by atoms with Gasteiger partial charge in [-0.25, -0.2) is 0 Å². The van der Waals surface area contributed by atoms with Gasteiger partial charge in [-0.05, 0) is 18.8 Å². The summed E-state index contributed by atoms with van der Waals surface area (Å²) >= 11 is 0. The summed E-state index contributed by atoms with van der Waals surface area (Å²) in [5.41, 5.74) is 0. The van der Waals surface area contributed by atoms with Gasteiger partial charge in [0.25, 0.3) is 0 Å². The number of hydrogen-bond acceptors (Lipinski definition) is 1. The van der Waals surface area contributed by atoms with Gasteiger partial charge in [0.15, 0.2) is 0 Å². The van der Waals surface area contributed by atoms with E-state index in [4.69, 9.17) is 4.74 Å². The normalized spacial score (nSPS) is 18.8. The van der Waals surface area contributed by atoms with Crippen LogP contribution in [0.5, 0.6) is 0 Å². The van der Waals surface area contributed by atoms with E-state index in [-0.39, 0.29) is 0 Å². The third-order valence-corrected chi connectivity index (χ3v) is 2.79. The second-order valence-corrected chi connectivity index (χ2v) is 3.91. The van der Waals surface area contributed by atoms with Gasteiger partial charge in [-0.2, -0.15) is 0 Å². The van der Waals surface area contributed by atoms with Gasteiger partial charge < -0.3 is 4.74 Å². The molecule has 1 saturated carbocycles. The Kier molecular flexibility index (Phi) is 5.42. The second-order valence-electron chi connectivity index (χ2n) is 3.91. The summed E-state index contributed by atoms with van der Waals surface area (Å²) in [5.74, 6) is 0.992. The van der Waals surface area contributed by atoms with E-state index in [9.17, 15) is 0 Å². The average Bonchev–Trinajstić information content (AvgIpc) is 2.57. The predicted octanol–water partition coefficient (Wildman–Crippen LogP) is 3.38. The largest absolute Gasteiger partial charge is 0.381 e. The minimum Gasteiger partial charge on any atom is -0.381 e. The zero-order chi connectivity index (χ0) is 8.65. The Hall–Kier alpha value is -0.0400. The van der Waals surface area contributed by atoms with Crippen LogP contribution in [0, 0.1) is 5.92 Å². The molecule has 0 radical (unpaired) electrons. The Morgan fingerprint density at radius 3 is 2.58 bits per heavy atom. The molecule has 0 aromatic carbocycles. The Morgan fingerprint density at radius 2 is 1.92 bits per heavy atom. The smallest absolute Gasteiger partial charge is 0.0468 e. The van der Waals surface area contributed by atoms with Gasteiger partial charge in [0.1, 0.15) is 0 Å². The SMILES string of the molecule is CCCCOCCC1CCCC1. The molecular weight excluding hydrogens is 148 g/mol. The standard InChI is InChI=1S/C11H22O/c1-2-3-9-12-10-8-11-6-4-5-7-11/h11H,2-10H2,1H3. The first-order chi connectivity index (χ1) is 5.93. The number of rotatable bonds is 6. The van der Waals surface area contributed by atoms with Crippen molar-refractivity contribution in [2.75, 3.05) is 13.2 Å². The number of hydrogen-bond donors (Lipinski definition) is 0. The van der Waals surface area contributed by atoms with Gasteiger partial charge in [0.05, 0.1) is 0 Å². The van der Waals surface area contributed by atoms with Crippen molar-refractivity contribution in [1.29, 1.82) is 0 Å². The molecule has 1 aliphatic rings. The quantitative estimate of drug-likeness (QED) is 0.555. The third-order valence-electron chi connectivity index (χ3n) is 2.79. The second kappa shape index (κ2) is 6.47. The summed E-state index contributed by atoms with van der Waals surface area (Å²) in [4.78, 5) is 0. The van der Waals surface area contributed by atoms with Crippen LogP contribution in [0.25, 0.3) is 0 Å². The van der Waals surface area contributed by atoms with Gasteiger partial charge in [-0.3, -0.25) is 0 Å². The van der Waals surface area contributed by atoms with Crippen molar-refractivity contribution in [2.45, 2.75) is 51.9 Å². The summed E-state index contributed by atoms with van der Waals surface area (Å²) < 4.78 is 5.54. The van der Waals surface area contributed by atoms with E-state index in [0.717, 1.165) is 19.1 Å². The van der Waals surface area contributed by atoms with E-state index in [1.165, 1.54) is 44.9 Å². The first kappa shape index (κ1) is 10.0. The molecule has 1 heteroatoms. The molecule has 0 aromatic heterocycles. The molecule has 0 atom stereocenters. The molecule has 12 heavy (non-hydrogen) atoms. The lowest BCUT2D eigenvalue weighted by Gasteiger charge is -2.08. The summed E-state index contributed by atoms with van der Waals surface area (Å²) in [6.07, 6.45) is 9.62. The van der Waals surface area contributed by atoms with Gasteiger partial charge in [-0.1, -0.05) is 39.0 Å². The highest BCUT2D eigenvalue weighted by Crippen LogP contribution is 2.27. The van der Waals surface area contributed by atoms with Crippen molar-refractivity contribution in [1.82, 2.24) is 0 Å². The molecule has 0 N–H and O–H groups in total. The average molecular weight is 170 g/mol. The first-order valence-corrected chi connectivity index (χ1v) is 5.51. The molecule has 1 fully saturated rings. The van der Waals surface area contributed by atoms with Crippen molar-refractivity contribution >= 4 is 0 Å². The van der Waals surface area contributed by atoms with Crippen molar-refractivity contribution in [3.63, 3.8) is 0 Å². The summed E-state index contributed by atoms with van der Waals surface area (Å²) in [6, 6.07) is 0. The molecule has 0 bridgehead atoms. The topological polar surface area (TPSA) is 9.23 Å². The zero-order valence-electron chi connectivity index (χ0n) is 8.35. The van der Waals surface area contributed by atoms with Crippen LogP contribution < -0.4 is 0 Å². The third kappa shape index (κ3) is 4.10. The van der Waals surface area contributed by atoms with Crippen LogP contribution in [0.2, 0.25) is 0 Å². The molecule has 0 spiro atoms. The van der Waals surface area contributed by atoms with Gasteiger partial charge in [0.2, 0.25) is 0 Å². The van der Waals surface area contributed by atoms with E-state index in [1.807, 2.05) is 0 Å². The predicted molar refractivity (Wildman–Crippen MR) is 52.3 cm³/mol. The van der Waals surface area contributed by atoms with Crippen LogP contribution in [0.1, 0.15) is 51.9 Å². The molecular formula is C11H22O. The zero-order valence-corrected chi connectivity index (χ0v) is 8.35. The highest BCUT2D eigenvalue weighted by Gasteiger charge is 2.13. The molecule has 0 aliphatic heterocycles. The first-order valence-electron chi connectivity index (χ1n) is 5.51. The maximum absolute atomic E-state index is 5.54. The molecule has 0 heterocycles. The number of ether oxygens (including phenoxy) is 1. The van der Waals surface area contributed by atoms with E-state index >= 15 is 0 Å². The van der Waals surface area contributed by atoms with Crippen molar-refractivity contribution in [2.24, 2.45) is 5.92 Å². The Bertz CT molecular complexity index is 95.2. The molecule has 1 rings (SSSR count). The summed E-state index contributed by atoms with van der Waals surface area (Å²) in [6.45, 7) is 4.19. The molecule has 0 aromatic rings. The van der Waals surface area contributed by atoms with Crippen LogP contribution in [-0.4, -0.2) is 13.2 Å². The molecule has 0 amide bonds. The Morgan fingerprint density at radius 1 is 1.17 bits per heavy atom. The Labute approximate surface area is 76.5 Å². The van der Waals surface area contributed by atoms with Gasteiger partial charge in [0, 0.05) is 13.2 Å². The molecule has 0 saturated heterocycles. The maximum atomic E-state index is 5.54. The highest BCUT2D eigenvalue weighted by atomic mass is 16.5. The molecule has 1 nitrogen and oxygen atoms in total. The monoisotopic (exact) mass is 170 g/mol. The van der Waals surface area contributed by atoms with Crippen LogP contribution >= 0.6 is 0 Å². The minimum absolute atomic E-state index is 0.975. The van der Waals surface area contributed by atoms with Crippen LogP contribution in [0.3, 0.4) is 0 Å². The van der Waals surface area contributed by atoms with Crippen molar-refractivity contribution in [3.05, 3.63) is 0 Å². The Balaban J connectivity index is 1.81. The molecule has 72 valence electrons. The fourth-order valence-corrected chi connectivity index (χ4v) is 1.90. The van der Waals surface area contributed by atoms with E-state index in [2.05, 4.69) is 6.92 Å². The lowest BCUT2D eigenvalue weighted by molar-refractivity contribution is 0.118. The number of unbranched alkanes of at least 4 members (excludes halogenated alkanes) is 1. The van der Waals surface area contributed by atoms with E-state index in [1.54, 1.807) is 0 Å². The maximum Gasteiger partial charge on any atom is 0.0468 e. The van der Waals surface area contributed by atoms with Crippen LogP contribution in [-0.2, 0) is 4.74 Å². The minimum atomic E-state index is 0.975. The lowest BCUT2D eigenvalue weighted by Crippen LogP contribution is -2.02. The van der Waals surface area contributed by atoms with Gasteiger partial charge in [-0.15, -0.1) is 0 Å².